The minimum absolute atomic E-state index is 0.0230. The molecule has 0 aromatic heterocycles. The van der Waals surface area contributed by atoms with E-state index in [1.807, 2.05) is 25.7 Å². The van der Waals surface area contributed by atoms with Crippen LogP contribution in [0.3, 0.4) is 0 Å². The normalized spacial score (nSPS) is 24.6. The Morgan fingerprint density at radius 2 is 1.89 bits per heavy atom. The molecule has 35 heavy (non-hydrogen) atoms. The molecule has 1 N–H and O–H groups in total. The number of carbonyl (C=O) groups is 3. The standard InChI is InChI=1S/C26H39N3O6/c1-6-24(30)29-14-17(2)23(33-5)15-28(4)26(32)21-8-7-20(13-22(21)35-16-18(29)3)27-25(31)19-9-11-34-12-10-19/h7-8,13,17-19,23H,6,9-12,14-16H2,1-5H3,(H,27,31)/t17-,18+,23+/m0/s1. The van der Waals surface area contributed by atoms with Crippen molar-refractivity contribution in [1.29, 1.82) is 0 Å². The van der Waals surface area contributed by atoms with Crippen LogP contribution in [0, 0.1) is 11.8 Å². The highest BCUT2D eigenvalue weighted by Crippen LogP contribution is 2.28. The molecule has 2 heterocycles. The Morgan fingerprint density at radius 1 is 1.17 bits per heavy atom. The number of hydrogen-bond donors (Lipinski definition) is 1. The zero-order valence-electron chi connectivity index (χ0n) is 21.5. The number of nitrogens with zero attached hydrogens (tertiary/aromatic N) is 2. The van der Waals surface area contributed by atoms with Gasteiger partial charge in [-0.1, -0.05) is 13.8 Å². The first-order valence-corrected chi connectivity index (χ1v) is 12.5. The average molecular weight is 490 g/mol. The molecule has 3 rings (SSSR count). The summed E-state index contributed by atoms with van der Waals surface area (Å²) in [6.45, 7) is 8.08. The number of anilines is 1. The van der Waals surface area contributed by atoms with Crippen molar-refractivity contribution in [3.05, 3.63) is 23.8 Å². The maximum atomic E-state index is 13.3. The number of rotatable bonds is 4. The molecule has 0 bridgehead atoms. The molecule has 1 fully saturated rings. The second-order valence-electron chi connectivity index (χ2n) is 9.58. The fourth-order valence-electron chi connectivity index (χ4n) is 4.60. The highest BCUT2D eigenvalue weighted by atomic mass is 16.5. The lowest BCUT2D eigenvalue weighted by Crippen LogP contribution is -2.48. The van der Waals surface area contributed by atoms with Crippen molar-refractivity contribution in [2.75, 3.05) is 52.4 Å². The number of carbonyl (C=O) groups excluding carboxylic acids is 3. The van der Waals surface area contributed by atoms with Gasteiger partial charge in [-0.05, 0) is 31.9 Å². The predicted octanol–water partition coefficient (Wildman–Crippen LogP) is 2.79. The molecule has 9 nitrogen and oxygen atoms in total. The fourth-order valence-corrected chi connectivity index (χ4v) is 4.60. The number of likely N-dealkylation sites (N-methyl/N-ethyl adjacent to an activating group) is 1. The van der Waals surface area contributed by atoms with Gasteiger partial charge < -0.3 is 29.3 Å². The molecular weight excluding hydrogens is 450 g/mol. The van der Waals surface area contributed by atoms with E-state index >= 15 is 0 Å². The highest BCUT2D eigenvalue weighted by molar-refractivity contribution is 5.98. The molecule has 194 valence electrons. The van der Waals surface area contributed by atoms with E-state index in [1.54, 1.807) is 37.3 Å². The lowest BCUT2D eigenvalue weighted by atomic mass is 9.99. The number of hydrogen-bond acceptors (Lipinski definition) is 6. The Morgan fingerprint density at radius 3 is 2.54 bits per heavy atom. The monoisotopic (exact) mass is 489 g/mol. The lowest BCUT2D eigenvalue weighted by molar-refractivity contribution is -0.135. The zero-order valence-corrected chi connectivity index (χ0v) is 21.5. The number of methoxy groups -OCH3 is 1. The smallest absolute Gasteiger partial charge is 0.257 e. The van der Waals surface area contributed by atoms with Crippen molar-refractivity contribution in [3.8, 4) is 5.75 Å². The maximum absolute atomic E-state index is 13.3. The van der Waals surface area contributed by atoms with E-state index in [9.17, 15) is 14.4 Å². The molecule has 0 unspecified atom stereocenters. The third-order valence-electron chi connectivity index (χ3n) is 6.93. The van der Waals surface area contributed by atoms with Gasteiger partial charge in [0.1, 0.15) is 12.4 Å². The van der Waals surface area contributed by atoms with E-state index in [2.05, 4.69) is 5.32 Å². The van der Waals surface area contributed by atoms with E-state index in [-0.39, 0.29) is 48.3 Å². The van der Waals surface area contributed by atoms with E-state index in [0.29, 0.717) is 62.6 Å². The first-order chi connectivity index (χ1) is 16.7. The van der Waals surface area contributed by atoms with Crippen LogP contribution >= 0.6 is 0 Å². The largest absolute Gasteiger partial charge is 0.491 e. The van der Waals surface area contributed by atoms with E-state index in [1.165, 1.54) is 0 Å². The van der Waals surface area contributed by atoms with Gasteiger partial charge in [0, 0.05) is 70.5 Å². The van der Waals surface area contributed by atoms with Crippen LogP contribution in [-0.4, -0.2) is 86.7 Å². The van der Waals surface area contributed by atoms with Gasteiger partial charge >= 0.3 is 0 Å². The summed E-state index contributed by atoms with van der Waals surface area (Å²) in [5, 5.41) is 2.96. The highest BCUT2D eigenvalue weighted by Gasteiger charge is 2.30. The third kappa shape index (κ3) is 6.73. The van der Waals surface area contributed by atoms with Crippen molar-refractivity contribution in [2.45, 2.75) is 52.2 Å². The quantitative estimate of drug-likeness (QED) is 0.699. The van der Waals surface area contributed by atoms with Crippen LogP contribution in [0.2, 0.25) is 0 Å². The van der Waals surface area contributed by atoms with Gasteiger partial charge in [0.25, 0.3) is 5.91 Å². The van der Waals surface area contributed by atoms with Crippen LogP contribution in [0.1, 0.15) is 50.4 Å². The Balaban J connectivity index is 1.89. The molecule has 1 saturated heterocycles. The molecule has 0 radical (unpaired) electrons. The van der Waals surface area contributed by atoms with Crippen molar-refractivity contribution >= 4 is 23.4 Å². The van der Waals surface area contributed by atoms with Crippen molar-refractivity contribution in [3.63, 3.8) is 0 Å². The number of ether oxygens (including phenoxy) is 3. The van der Waals surface area contributed by atoms with Gasteiger partial charge in [0.2, 0.25) is 11.8 Å². The van der Waals surface area contributed by atoms with Crippen LogP contribution in [0.25, 0.3) is 0 Å². The Kier molecular flexibility index (Phi) is 9.51. The summed E-state index contributed by atoms with van der Waals surface area (Å²) < 4.78 is 17.2. The van der Waals surface area contributed by atoms with Crippen molar-refractivity contribution < 1.29 is 28.6 Å². The van der Waals surface area contributed by atoms with Crippen LogP contribution < -0.4 is 10.1 Å². The van der Waals surface area contributed by atoms with Gasteiger partial charge in [-0.25, -0.2) is 0 Å². The van der Waals surface area contributed by atoms with Crippen molar-refractivity contribution in [1.82, 2.24) is 9.80 Å². The van der Waals surface area contributed by atoms with Crippen molar-refractivity contribution in [2.24, 2.45) is 11.8 Å². The van der Waals surface area contributed by atoms with Gasteiger partial charge in [-0.3, -0.25) is 14.4 Å². The van der Waals surface area contributed by atoms with E-state index < -0.39 is 0 Å². The minimum atomic E-state index is -0.231. The SMILES string of the molecule is CCC(=O)N1C[C@H](C)[C@H](OC)CN(C)C(=O)c2ccc(NC(=O)C3CCOCC3)cc2OC[C@H]1C. The van der Waals surface area contributed by atoms with E-state index in [0.717, 1.165) is 0 Å². The second-order valence-corrected chi connectivity index (χ2v) is 9.58. The van der Waals surface area contributed by atoms with Gasteiger partial charge in [-0.15, -0.1) is 0 Å². The molecule has 0 saturated carbocycles. The summed E-state index contributed by atoms with van der Waals surface area (Å²) in [6, 6.07) is 4.90. The first kappa shape index (κ1) is 26.9. The molecule has 3 atom stereocenters. The Hall–Kier alpha value is -2.65. The summed E-state index contributed by atoms with van der Waals surface area (Å²) in [6.07, 6.45) is 1.54. The molecule has 9 heteroatoms. The number of benzene rings is 1. The first-order valence-electron chi connectivity index (χ1n) is 12.5. The summed E-state index contributed by atoms with van der Waals surface area (Å²) in [5.41, 5.74) is 0.973. The van der Waals surface area contributed by atoms with Crippen LogP contribution in [0.4, 0.5) is 5.69 Å². The third-order valence-corrected chi connectivity index (χ3v) is 6.93. The zero-order chi connectivity index (χ0) is 25.5. The predicted molar refractivity (Wildman–Crippen MR) is 132 cm³/mol. The molecular formula is C26H39N3O6. The Labute approximate surface area is 208 Å². The fraction of sp³-hybridized carbons (Fsp3) is 0.654. The molecule has 2 aliphatic rings. The summed E-state index contributed by atoms with van der Waals surface area (Å²) >= 11 is 0. The Bertz CT molecular complexity index is 901. The molecule has 1 aromatic rings. The number of nitrogens with one attached hydrogen (secondary N) is 1. The van der Waals surface area contributed by atoms with Gasteiger partial charge in [-0.2, -0.15) is 0 Å². The molecule has 2 aliphatic heterocycles. The van der Waals surface area contributed by atoms with Crippen LogP contribution in [0.5, 0.6) is 5.75 Å². The second kappa shape index (κ2) is 12.4. The lowest BCUT2D eigenvalue weighted by Gasteiger charge is -2.36. The molecule has 0 spiro atoms. The van der Waals surface area contributed by atoms with E-state index in [4.69, 9.17) is 14.2 Å². The van der Waals surface area contributed by atoms with Gasteiger partial charge in [0.05, 0.1) is 17.7 Å². The average Bonchev–Trinajstić information content (AvgIpc) is 2.87. The van der Waals surface area contributed by atoms with Crippen LogP contribution in [0.15, 0.2) is 18.2 Å². The molecule has 1 aromatic carbocycles. The summed E-state index contributed by atoms with van der Waals surface area (Å²) in [5.74, 6) is 0.1000. The topological polar surface area (TPSA) is 97.4 Å². The molecule has 0 aliphatic carbocycles. The maximum Gasteiger partial charge on any atom is 0.257 e. The molecule has 3 amide bonds. The van der Waals surface area contributed by atoms with Gasteiger partial charge in [0.15, 0.2) is 0 Å². The summed E-state index contributed by atoms with van der Waals surface area (Å²) in [7, 11) is 3.36. The number of amides is 3. The number of fused-ring (bicyclic) bond motifs is 1. The summed E-state index contributed by atoms with van der Waals surface area (Å²) in [4.78, 5) is 42.2. The minimum Gasteiger partial charge on any atom is -0.491 e. The van der Waals surface area contributed by atoms with Crippen LogP contribution in [-0.2, 0) is 19.1 Å².